The van der Waals surface area contributed by atoms with E-state index in [4.69, 9.17) is 21.0 Å². The summed E-state index contributed by atoms with van der Waals surface area (Å²) in [5, 5.41) is 4.95. The zero-order valence-corrected chi connectivity index (χ0v) is 16.6. The van der Waals surface area contributed by atoms with Crippen LogP contribution in [0, 0.1) is 0 Å². The van der Waals surface area contributed by atoms with Crippen LogP contribution in [0.15, 0.2) is 95.4 Å². The zero-order chi connectivity index (χ0) is 20.1. The molecule has 3 nitrogen and oxygen atoms in total. The van der Waals surface area contributed by atoms with Gasteiger partial charge in [0, 0.05) is 28.0 Å². The summed E-state index contributed by atoms with van der Waals surface area (Å²) in [4.78, 5) is 9.22. The highest BCUT2D eigenvalue weighted by Gasteiger charge is 2.16. The average molecular weight is 407 g/mol. The van der Waals surface area contributed by atoms with Crippen LogP contribution < -0.4 is 0 Å². The van der Waals surface area contributed by atoms with Crippen molar-refractivity contribution >= 4 is 44.3 Å². The van der Waals surface area contributed by atoms with E-state index in [1.54, 1.807) is 6.07 Å². The maximum absolute atomic E-state index is 6.38. The third kappa shape index (κ3) is 2.67. The van der Waals surface area contributed by atoms with Gasteiger partial charge in [0.1, 0.15) is 16.3 Å². The Hall–Kier alpha value is -3.69. The highest BCUT2D eigenvalue weighted by atomic mass is 35.5. The van der Waals surface area contributed by atoms with Crippen LogP contribution in [-0.4, -0.2) is 9.97 Å². The number of halogens is 1. The molecule has 0 fully saturated rings. The lowest BCUT2D eigenvalue weighted by Gasteiger charge is -2.06. The minimum absolute atomic E-state index is 0.400. The van der Waals surface area contributed by atoms with Crippen molar-refractivity contribution in [2.75, 3.05) is 0 Å². The van der Waals surface area contributed by atoms with Crippen molar-refractivity contribution in [3.05, 3.63) is 96.1 Å². The van der Waals surface area contributed by atoms with Gasteiger partial charge in [-0.15, -0.1) is 0 Å². The van der Waals surface area contributed by atoms with Crippen molar-refractivity contribution in [1.82, 2.24) is 9.97 Å². The molecule has 0 N–H and O–H groups in total. The van der Waals surface area contributed by atoms with Gasteiger partial charge in [-0.1, -0.05) is 84.4 Å². The quantitative estimate of drug-likeness (QED) is 0.279. The van der Waals surface area contributed by atoms with Crippen LogP contribution in [-0.2, 0) is 0 Å². The SMILES string of the molecule is Clc1cc(-c2cccc3c2oc2ccc4ccccc4c23)nc(-c2ccccc2)n1. The average Bonchev–Trinajstić information content (AvgIpc) is 3.18. The van der Waals surface area contributed by atoms with Crippen molar-refractivity contribution in [3.8, 4) is 22.6 Å². The van der Waals surface area contributed by atoms with E-state index in [1.807, 2.05) is 48.5 Å². The van der Waals surface area contributed by atoms with Gasteiger partial charge in [-0.3, -0.25) is 0 Å². The molecule has 2 aromatic heterocycles. The molecule has 2 heterocycles. The number of fused-ring (bicyclic) bond motifs is 5. The fourth-order valence-electron chi connectivity index (χ4n) is 4.04. The summed E-state index contributed by atoms with van der Waals surface area (Å²) in [7, 11) is 0. The number of hydrogen-bond acceptors (Lipinski definition) is 3. The molecular weight excluding hydrogens is 392 g/mol. The minimum atomic E-state index is 0.400. The van der Waals surface area contributed by atoms with Crippen molar-refractivity contribution in [2.45, 2.75) is 0 Å². The van der Waals surface area contributed by atoms with Crippen LogP contribution in [0.5, 0.6) is 0 Å². The first-order chi connectivity index (χ1) is 14.8. The first kappa shape index (κ1) is 17.2. The molecule has 6 rings (SSSR count). The number of rotatable bonds is 2. The topological polar surface area (TPSA) is 38.9 Å². The summed E-state index contributed by atoms with van der Waals surface area (Å²) in [6, 6.07) is 30.3. The van der Waals surface area contributed by atoms with Crippen LogP contribution in [0.4, 0.5) is 0 Å². The number of benzene rings is 4. The Bertz CT molecular complexity index is 1550. The predicted molar refractivity (Wildman–Crippen MR) is 123 cm³/mol. The predicted octanol–water partition coefficient (Wildman–Crippen LogP) is 7.52. The third-order valence-corrected chi connectivity index (χ3v) is 5.58. The molecule has 0 saturated carbocycles. The van der Waals surface area contributed by atoms with Gasteiger partial charge in [-0.05, 0) is 22.9 Å². The van der Waals surface area contributed by atoms with Crippen LogP contribution in [0.25, 0.3) is 55.4 Å². The van der Waals surface area contributed by atoms with Gasteiger partial charge in [0.15, 0.2) is 5.82 Å². The first-order valence-corrected chi connectivity index (χ1v) is 10.1. The fourth-order valence-corrected chi connectivity index (χ4v) is 4.23. The monoisotopic (exact) mass is 406 g/mol. The molecule has 0 saturated heterocycles. The van der Waals surface area contributed by atoms with Gasteiger partial charge in [-0.2, -0.15) is 0 Å². The second kappa shape index (κ2) is 6.68. The van der Waals surface area contributed by atoms with Gasteiger partial charge in [0.05, 0.1) is 5.69 Å². The van der Waals surface area contributed by atoms with E-state index < -0.39 is 0 Å². The van der Waals surface area contributed by atoms with Crippen LogP contribution in [0.1, 0.15) is 0 Å². The minimum Gasteiger partial charge on any atom is -0.455 e. The summed E-state index contributed by atoms with van der Waals surface area (Å²) < 4.78 is 6.33. The molecule has 0 aliphatic rings. The van der Waals surface area contributed by atoms with Crippen molar-refractivity contribution in [1.29, 1.82) is 0 Å². The van der Waals surface area contributed by atoms with Gasteiger partial charge in [0.25, 0.3) is 0 Å². The standard InChI is InChI=1S/C26H15ClN2O/c27-23-15-21(28-26(29-23)17-8-2-1-3-9-17)19-11-6-12-20-24-18-10-5-4-7-16(18)13-14-22(24)30-25(19)20/h1-15H. The lowest BCUT2D eigenvalue weighted by Crippen LogP contribution is -1.93. The molecule has 4 heteroatoms. The highest BCUT2D eigenvalue weighted by molar-refractivity contribution is 6.29. The van der Waals surface area contributed by atoms with E-state index in [0.717, 1.165) is 38.8 Å². The normalized spacial score (nSPS) is 11.5. The Labute approximate surface area is 177 Å². The summed E-state index contributed by atoms with van der Waals surface area (Å²) in [5.41, 5.74) is 4.22. The lowest BCUT2D eigenvalue weighted by atomic mass is 10.0. The molecule has 0 radical (unpaired) electrons. The summed E-state index contributed by atoms with van der Waals surface area (Å²) in [6.07, 6.45) is 0. The molecule has 0 atom stereocenters. The third-order valence-electron chi connectivity index (χ3n) is 5.39. The van der Waals surface area contributed by atoms with E-state index >= 15 is 0 Å². The number of para-hydroxylation sites is 1. The summed E-state index contributed by atoms with van der Waals surface area (Å²) in [5.74, 6) is 0.594. The zero-order valence-electron chi connectivity index (χ0n) is 15.8. The van der Waals surface area contributed by atoms with E-state index in [1.165, 1.54) is 10.8 Å². The van der Waals surface area contributed by atoms with Gasteiger partial charge in [0.2, 0.25) is 0 Å². The molecule has 4 aromatic carbocycles. The van der Waals surface area contributed by atoms with Crippen LogP contribution in [0.3, 0.4) is 0 Å². The number of nitrogens with zero attached hydrogens (tertiary/aromatic N) is 2. The molecule has 0 aliphatic carbocycles. The second-order valence-corrected chi connectivity index (χ2v) is 7.60. The Morgan fingerprint density at radius 3 is 2.40 bits per heavy atom. The maximum Gasteiger partial charge on any atom is 0.161 e. The maximum atomic E-state index is 6.38. The molecule has 6 aromatic rings. The molecule has 142 valence electrons. The smallest absolute Gasteiger partial charge is 0.161 e. The Morgan fingerprint density at radius 1 is 0.700 bits per heavy atom. The first-order valence-electron chi connectivity index (χ1n) is 9.71. The van der Waals surface area contributed by atoms with E-state index in [0.29, 0.717) is 11.0 Å². The highest BCUT2D eigenvalue weighted by Crippen LogP contribution is 2.39. The molecule has 0 spiro atoms. The Balaban J connectivity index is 1.64. The fraction of sp³-hybridized carbons (Fsp3) is 0. The Kier molecular flexibility index (Phi) is 3.83. The van der Waals surface area contributed by atoms with Gasteiger partial charge in [-0.25, -0.2) is 9.97 Å². The van der Waals surface area contributed by atoms with Crippen molar-refractivity contribution in [2.24, 2.45) is 0 Å². The van der Waals surface area contributed by atoms with Crippen molar-refractivity contribution < 1.29 is 4.42 Å². The molecule has 30 heavy (non-hydrogen) atoms. The molecule has 0 amide bonds. The van der Waals surface area contributed by atoms with Gasteiger partial charge >= 0.3 is 0 Å². The van der Waals surface area contributed by atoms with Gasteiger partial charge < -0.3 is 4.42 Å². The molecule has 0 aliphatic heterocycles. The number of hydrogen-bond donors (Lipinski definition) is 0. The lowest BCUT2D eigenvalue weighted by molar-refractivity contribution is 0.670. The van der Waals surface area contributed by atoms with Crippen LogP contribution >= 0.6 is 11.6 Å². The van der Waals surface area contributed by atoms with E-state index in [2.05, 4.69) is 41.4 Å². The molecule has 0 bridgehead atoms. The number of furan rings is 1. The second-order valence-electron chi connectivity index (χ2n) is 7.21. The Morgan fingerprint density at radius 2 is 1.50 bits per heavy atom. The number of aromatic nitrogens is 2. The largest absolute Gasteiger partial charge is 0.455 e. The van der Waals surface area contributed by atoms with Crippen LogP contribution in [0.2, 0.25) is 5.15 Å². The summed E-state index contributed by atoms with van der Waals surface area (Å²) in [6.45, 7) is 0. The van der Waals surface area contributed by atoms with E-state index in [-0.39, 0.29) is 0 Å². The van der Waals surface area contributed by atoms with E-state index in [9.17, 15) is 0 Å². The van der Waals surface area contributed by atoms with Crippen molar-refractivity contribution in [3.63, 3.8) is 0 Å². The molecular formula is C26H15ClN2O. The molecule has 0 unspecified atom stereocenters. The summed E-state index contributed by atoms with van der Waals surface area (Å²) >= 11 is 6.38.